The van der Waals surface area contributed by atoms with E-state index in [0.717, 1.165) is 49.4 Å². The molecule has 1 N–H and O–H groups in total. The van der Waals surface area contributed by atoms with Crippen molar-refractivity contribution in [3.63, 3.8) is 0 Å². The molecule has 1 aliphatic rings. The van der Waals surface area contributed by atoms with Gasteiger partial charge in [-0.25, -0.2) is 0 Å². The Balaban J connectivity index is 1.48. The minimum Gasteiger partial charge on any atom is -0.497 e. The van der Waals surface area contributed by atoms with E-state index in [0.29, 0.717) is 12.5 Å². The number of ether oxygens (including phenoxy) is 2. The molecule has 0 saturated carbocycles. The van der Waals surface area contributed by atoms with Crippen LogP contribution in [-0.2, 0) is 11.2 Å². The first-order valence-electron chi connectivity index (χ1n) is 10.4. The molecule has 2 aromatic carbocycles. The Morgan fingerprint density at radius 3 is 2.48 bits per heavy atom. The molecule has 1 amide bonds. The van der Waals surface area contributed by atoms with Gasteiger partial charge < -0.3 is 14.8 Å². The predicted octanol–water partition coefficient (Wildman–Crippen LogP) is 3.84. The molecule has 29 heavy (non-hydrogen) atoms. The van der Waals surface area contributed by atoms with Crippen LogP contribution in [0, 0.1) is 5.92 Å². The zero-order chi connectivity index (χ0) is 20.6. The van der Waals surface area contributed by atoms with E-state index in [1.54, 1.807) is 14.2 Å². The Morgan fingerprint density at radius 2 is 1.83 bits per heavy atom. The molecule has 2 aromatic rings. The lowest BCUT2D eigenvalue weighted by atomic mass is 9.90. The van der Waals surface area contributed by atoms with Gasteiger partial charge in [0.05, 0.1) is 26.8 Å². The molecule has 1 atom stereocenters. The first-order valence-corrected chi connectivity index (χ1v) is 10.4. The monoisotopic (exact) mass is 396 g/mol. The fraction of sp³-hybridized carbons (Fsp3) is 0.458. The molecule has 5 nitrogen and oxygen atoms in total. The van der Waals surface area contributed by atoms with Crippen molar-refractivity contribution in [1.29, 1.82) is 0 Å². The molecule has 156 valence electrons. The summed E-state index contributed by atoms with van der Waals surface area (Å²) >= 11 is 0. The Labute approximate surface area is 174 Å². The van der Waals surface area contributed by atoms with E-state index >= 15 is 0 Å². The summed E-state index contributed by atoms with van der Waals surface area (Å²) < 4.78 is 10.7. The van der Waals surface area contributed by atoms with Gasteiger partial charge in [0, 0.05) is 5.56 Å². The van der Waals surface area contributed by atoms with Gasteiger partial charge in [0.1, 0.15) is 11.5 Å². The third kappa shape index (κ3) is 5.97. The molecule has 3 rings (SSSR count). The van der Waals surface area contributed by atoms with Crippen molar-refractivity contribution in [1.82, 2.24) is 10.2 Å². The van der Waals surface area contributed by atoms with Crippen LogP contribution in [-0.4, -0.2) is 44.7 Å². The lowest BCUT2D eigenvalue weighted by Crippen LogP contribution is -2.42. The summed E-state index contributed by atoms with van der Waals surface area (Å²) in [5, 5.41) is 3.10. The number of amides is 1. The molecule has 1 aliphatic heterocycles. The summed E-state index contributed by atoms with van der Waals surface area (Å²) in [7, 11) is 3.27. The van der Waals surface area contributed by atoms with Gasteiger partial charge in [0.25, 0.3) is 0 Å². The Morgan fingerprint density at radius 1 is 1.10 bits per heavy atom. The van der Waals surface area contributed by atoms with Crippen LogP contribution >= 0.6 is 0 Å². The summed E-state index contributed by atoms with van der Waals surface area (Å²) in [5.74, 6) is 2.25. The van der Waals surface area contributed by atoms with Gasteiger partial charge in [-0.2, -0.15) is 0 Å². The lowest BCUT2D eigenvalue weighted by Gasteiger charge is -2.32. The second-order valence-electron chi connectivity index (χ2n) is 7.81. The van der Waals surface area contributed by atoms with E-state index in [-0.39, 0.29) is 11.9 Å². The lowest BCUT2D eigenvalue weighted by molar-refractivity contribution is -0.123. The quantitative estimate of drug-likeness (QED) is 0.737. The van der Waals surface area contributed by atoms with Gasteiger partial charge in [-0.1, -0.05) is 30.3 Å². The Kier molecular flexibility index (Phi) is 7.53. The third-order valence-corrected chi connectivity index (χ3v) is 5.72. The average molecular weight is 397 g/mol. The minimum atomic E-state index is -0.150. The van der Waals surface area contributed by atoms with E-state index in [1.165, 1.54) is 5.56 Å². The summed E-state index contributed by atoms with van der Waals surface area (Å²) in [4.78, 5) is 14.9. The smallest absolute Gasteiger partial charge is 0.234 e. The molecule has 0 aliphatic carbocycles. The maximum absolute atomic E-state index is 12.6. The number of nitrogens with zero attached hydrogens (tertiary/aromatic N) is 1. The third-order valence-electron chi connectivity index (χ3n) is 5.72. The number of carbonyl (C=O) groups excluding carboxylic acids is 1. The number of hydrogen-bond acceptors (Lipinski definition) is 4. The minimum absolute atomic E-state index is 0.0453. The number of carbonyl (C=O) groups is 1. The Hall–Kier alpha value is -2.53. The van der Waals surface area contributed by atoms with E-state index in [4.69, 9.17) is 9.47 Å². The van der Waals surface area contributed by atoms with Gasteiger partial charge in [0.2, 0.25) is 5.91 Å². The van der Waals surface area contributed by atoms with E-state index in [9.17, 15) is 4.79 Å². The standard InChI is InChI=1S/C24H32N2O3/c1-18(22-16-21(28-2)9-10-23(22)29-3)25-24(27)17-26-13-11-20(12-14-26)15-19-7-5-4-6-8-19/h4-10,16,18,20H,11-15,17H2,1-3H3,(H,25,27)/t18-/m0/s1. The second kappa shape index (κ2) is 10.3. The van der Waals surface area contributed by atoms with E-state index < -0.39 is 0 Å². The molecular weight excluding hydrogens is 364 g/mol. The first-order chi connectivity index (χ1) is 14.1. The summed E-state index contributed by atoms with van der Waals surface area (Å²) in [6.45, 7) is 4.36. The van der Waals surface area contributed by atoms with Crippen molar-refractivity contribution < 1.29 is 14.3 Å². The first kappa shape index (κ1) is 21.2. The molecule has 0 radical (unpaired) electrons. The van der Waals surface area contributed by atoms with Gasteiger partial charge >= 0.3 is 0 Å². The van der Waals surface area contributed by atoms with E-state index in [1.807, 2.05) is 25.1 Å². The zero-order valence-electron chi connectivity index (χ0n) is 17.7. The van der Waals surface area contributed by atoms with Gasteiger partial charge in [-0.05, 0) is 69.0 Å². The average Bonchev–Trinajstić information content (AvgIpc) is 2.75. The molecule has 5 heteroatoms. The molecule has 0 spiro atoms. The molecule has 1 fully saturated rings. The van der Waals surface area contributed by atoms with Crippen molar-refractivity contribution in [2.75, 3.05) is 33.9 Å². The highest BCUT2D eigenvalue weighted by Crippen LogP contribution is 2.29. The highest BCUT2D eigenvalue weighted by molar-refractivity contribution is 5.78. The van der Waals surface area contributed by atoms with Crippen LogP contribution in [0.1, 0.15) is 36.9 Å². The number of likely N-dealkylation sites (tertiary alicyclic amines) is 1. The van der Waals surface area contributed by atoms with Crippen LogP contribution in [0.2, 0.25) is 0 Å². The van der Waals surface area contributed by atoms with Crippen molar-refractivity contribution in [3.05, 3.63) is 59.7 Å². The molecule has 0 unspecified atom stereocenters. The highest BCUT2D eigenvalue weighted by Gasteiger charge is 2.22. The number of piperidine rings is 1. The number of benzene rings is 2. The number of methoxy groups -OCH3 is 2. The van der Waals surface area contributed by atoms with Crippen LogP contribution in [0.5, 0.6) is 11.5 Å². The number of hydrogen-bond donors (Lipinski definition) is 1. The molecule has 1 saturated heterocycles. The molecule has 1 heterocycles. The second-order valence-corrected chi connectivity index (χ2v) is 7.81. The van der Waals surface area contributed by atoms with Crippen LogP contribution < -0.4 is 14.8 Å². The van der Waals surface area contributed by atoms with Crippen molar-refractivity contribution in [2.45, 2.75) is 32.2 Å². The fourth-order valence-corrected chi connectivity index (χ4v) is 4.04. The van der Waals surface area contributed by atoms with Gasteiger partial charge in [0.15, 0.2) is 0 Å². The van der Waals surface area contributed by atoms with Gasteiger partial charge in [-0.15, -0.1) is 0 Å². The van der Waals surface area contributed by atoms with Crippen LogP contribution in [0.3, 0.4) is 0 Å². The normalized spacial score (nSPS) is 16.2. The van der Waals surface area contributed by atoms with Gasteiger partial charge in [-0.3, -0.25) is 9.69 Å². The van der Waals surface area contributed by atoms with E-state index in [2.05, 4.69) is 40.5 Å². The van der Waals surface area contributed by atoms with Crippen molar-refractivity contribution >= 4 is 5.91 Å². The molecule has 0 bridgehead atoms. The van der Waals surface area contributed by atoms with Crippen LogP contribution in [0.4, 0.5) is 0 Å². The summed E-state index contributed by atoms with van der Waals surface area (Å²) in [5.41, 5.74) is 2.33. The predicted molar refractivity (Wildman–Crippen MR) is 115 cm³/mol. The topological polar surface area (TPSA) is 50.8 Å². The van der Waals surface area contributed by atoms with Crippen molar-refractivity contribution in [2.24, 2.45) is 5.92 Å². The Bertz CT molecular complexity index is 786. The largest absolute Gasteiger partial charge is 0.497 e. The van der Waals surface area contributed by atoms with Crippen molar-refractivity contribution in [3.8, 4) is 11.5 Å². The van der Waals surface area contributed by atoms with Crippen LogP contribution in [0.15, 0.2) is 48.5 Å². The number of rotatable bonds is 8. The number of nitrogens with one attached hydrogen (secondary N) is 1. The summed E-state index contributed by atoms with van der Waals surface area (Å²) in [6.07, 6.45) is 3.41. The SMILES string of the molecule is COc1ccc(OC)c([C@H](C)NC(=O)CN2CCC(Cc3ccccc3)CC2)c1. The maximum Gasteiger partial charge on any atom is 0.234 e. The zero-order valence-corrected chi connectivity index (χ0v) is 17.7. The highest BCUT2D eigenvalue weighted by atomic mass is 16.5. The molecule has 0 aromatic heterocycles. The molecular formula is C24H32N2O3. The van der Waals surface area contributed by atoms with Crippen LogP contribution in [0.25, 0.3) is 0 Å². The summed E-state index contributed by atoms with van der Waals surface area (Å²) in [6, 6.07) is 16.2. The fourth-order valence-electron chi connectivity index (χ4n) is 4.04. The maximum atomic E-state index is 12.6.